The van der Waals surface area contributed by atoms with Crippen LogP contribution in [0.3, 0.4) is 0 Å². The van der Waals surface area contributed by atoms with E-state index in [1.807, 2.05) is 13.8 Å². The van der Waals surface area contributed by atoms with Crippen LogP contribution in [0.2, 0.25) is 0 Å². The van der Waals surface area contributed by atoms with Gasteiger partial charge in [0.2, 0.25) is 5.91 Å². The van der Waals surface area contributed by atoms with Gasteiger partial charge in [-0.2, -0.15) is 0 Å². The molecule has 8 nitrogen and oxygen atoms in total. The van der Waals surface area contributed by atoms with Crippen LogP contribution in [-0.2, 0) is 9.59 Å². The lowest BCUT2D eigenvalue weighted by Crippen LogP contribution is -2.50. The average molecular weight is 519 g/mol. The number of benzene rings is 1. The summed E-state index contributed by atoms with van der Waals surface area (Å²) >= 11 is 0. The first-order valence-corrected chi connectivity index (χ1v) is 13.4. The summed E-state index contributed by atoms with van der Waals surface area (Å²) < 4.78 is 26.1. The number of halogens is 1. The van der Waals surface area contributed by atoms with Crippen molar-refractivity contribution >= 4 is 17.8 Å². The predicted octanol–water partition coefficient (Wildman–Crippen LogP) is 4.16. The topological polar surface area (TPSA) is 114 Å². The van der Waals surface area contributed by atoms with Crippen molar-refractivity contribution in [2.75, 3.05) is 13.7 Å². The van der Waals surface area contributed by atoms with Gasteiger partial charge in [0.15, 0.2) is 11.6 Å². The Kier molecular flexibility index (Phi) is 7.99. The van der Waals surface area contributed by atoms with Gasteiger partial charge < -0.3 is 25.2 Å². The van der Waals surface area contributed by atoms with E-state index >= 15 is 0 Å². The Hall–Kier alpha value is -2.84. The highest BCUT2D eigenvalue weighted by molar-refractivity contribution is 5.98. The molecule has 4 atom stereocenters. The third-order valence-electron chi connectivity index (χ3n) is 8.55. The molecule has 3 fully saturated rings. The summed E-state index contributed by atoms with van der Waals surface area (Å²) in [4.78, 5) is 38.0. The molecule has 1 aromatic carbocycles. The minimum absolute atomic E-state index is 0.0213. The summed E-state index contributed by atoms with van der Waals surface area (Å²) in [6, 6.07) is 2.21. The molecule has 3 N–H and O–H groups in total. The van der Waals surface area contributed by atoms with E-state index in [0.717, 1.165) is 25.3 Å². The number of carbonyl (C=O) groups excluding carboxylic acids is 2. The smallest absolute Gasteiger partial charge is 0.309 e. The molecule has 1 aromatic rings. The lowest BCUT2D eigenvalue weighted by atomic mass is 9.75. The highest BCUT2D eigenvalue weighted by Crippen LogP contribution is 2.49. The van der Waals surface area contributed by atoms with E-state index in [4.69, 9.17) is 9.47 Å². The number of carboxylic acids is 1. The number of hydrogen-bond donors (Lipinski definition) is 3. The van der Waals surface area contributed by atoms with Crippen LogP contribution in [-0.4, -0.2) is 48.7 Å². The van der Waals surface area contributed by atoms with E-state index in [1.54, 1.807) is 6.92 Å². The Balaban J connectivity index is 1.49. The fourth-order valence-electron chi connectivity index (χ4n) is 6.24. The first-order valence-electron chi connectivity index (χ1n) is 13.4. The van der Waals surface area contributed by atoms with Crippen LogP contribution >= 0.6 is 0 Å². The molecule has 0 unspecified atom stereocenters. The molecule has 2 bridgehead atoms. The number of fused-ring (bicyclic) bond motifs is 2. The maximum atomic E-state index is 14.9. The molecule has 9 heteroatoms. The van der Waals surface area contributed by atoms with Crippen LogP contribution in [0.4, 0.5) is 4.39 Å². The summed E-state index contributed by atoms with van der Waals surface area (Å²) in [6.45, 7) is 6.39. The second kappa shape index (κ2) is 10.9. The third-order valence-corrected chi connectivity index (χ3v) is 8.55. The van der Waals surface area contributed by atoms with E-state index < -0.39 is 23.1 Å². The number of methoxy groups -OCH3 is 1. The van der Waals surface area contributed by atoms with Gasteiger partial charge in [-0.15, -0.1) is 0 Å². The lowest BCUT2D eigenvalue weighted by molar-refractivity contribution is -0.150. The zero-order valence-electron chi connectivity index (χ0n) is 22.1. The van der Waals surface area contributed by atoms with Gasteiger partial charge in [-0.25, -0.2) is 4.39 Å². The monoisotopic (exact) mass is 518 g/mol. The molecule has 4 rings (SSSR count). The number of carboxylic acid groups (broad SMARTS) is 1. The van der Waals surface area contributed by atoms with Crippen molar-refractivity contribution in [2.24, 2.45) is 29.1 Å². The highest BCUT2D eigenvalue weighted by atomic mass is 19.1. The van der Waals surface area contributed by atoms with Crippen LogP contribution < -0.4 is 20.1 Å². The van der Waals surface area contributed by atoms with E-state index in [9.17, 15) is 23.9 Å². The molecule has 37 heavy (non-hydrogen) atoms. The molecule has 0 aromatic heterocycles. The average Bonchev–Trinajstić information content (AvgIpc) is 3.46. The lowest BCUT2D eigenvalue weighted by Gasteiger charge is -2.34. The van der Waals surface area contributed by atoms with Crippen molar-refractivity contribution in [3.63, 3.8) is 0 Å². The summed E-state index contributed by atoms with van der Waals surface area (Å²) in [7, 11) is 1.37. The Bertz CT molecular complexity index is 1040. The Morgan fingerprint density at radius 2 is 1.78 bits per heavy atom. The molecule has 3 saturated carbocycles. The Morgan fingerprint density at radius 3 is 2.41 bits per heavy atom. The molecule has 0 aliphatic heterocycles. The normalized spacial score (nSPS) is 30.7. The molecule has 0 saturated heterocycles. The number of nitrogens with one attached hydrogen (secondary N) is 2. The molecule has 204 valence electrons. The fourth-order valence-corrected chi connectivity index (χ4v) is 6.24. The minimum Gasteiger partial charge on any atom is -0.496 e. The molecule has 0 radical (unpaired) electrons. The van der Waals surface area contributed by atoms with Gasteiger partial charge in [0.25, 0.3) is 5.91 Å². The van der Waals surface area contributed by atoms with Crippen molar-refractivity contribution in [3.05, 3.63) is 23.5 Å². The number of rotatable bonds is 9. The van der Waals surface area contributed by atoms with E-state index in [1.165, 1.54) is 13.2 Å². The maximum absolute atomic E-state index is 14.9. The summed E-state index contributed by atoms with van der Waals surface area (Å²) in [5.41, 5.74) is -0.656. The SMILES string of the molecule is COc1cc(F)c(OC2CCC(C)(C(=O)O)CC2)cc1C(=O)N[C@@H]1[C@H]2CC[C@H](C2)[C@@H]1C(=O)NCC(C)C. The number of hydrogen-bond acceptors (Lipinski definition) is 5. The minimum atomic E-state index is -0.836. The molecule has 2 amide bonds. The van der Waals surface area contributed by atoms with Gasteiger partial charge in [-0.1, -0.05) is 13.8 Å². The van der Waals surface area contributed by atoms with E-state index in [0.29, 0.717) is 38.1 Å². The summed E-state index contributed by atoms with van der Waals surface area (Å²) in [5.74, 6) is -1.37. The largest absolute Gasteiger partial charge is 0.496 e. The zero-order chi connectivity index (χ0) is 26.9. The summed E-state index contributed by atoms with van der Waals surface area (Å²) in [5, 5.41) is 15.6. The maximum Gasteiger partial charge on any atom is 0.309 e. The Morgan fingerprint density at radius 1 is 1.11 bits per heavy atom. The number of ether oxygens (including phenoxy) is 2. The molecule has 3 aliphatic carbocycles. The van der Waals surface area contributed by atoms with Crippen LogP contribution in [0, 0.1) is 34.9 Å². The second-order valence-corrected chi connectivity index (χ2v) is 11.7. The zero-order valence-corrected chi connectivity index (χ0v) is 22.1. The van der Waals surface area contributed by atoms with Gasteiger partial charge >= 0.3 is 5.97 Å². The van der Waals surface area contributed by atoms with Crippen LogP contribution in [0.1, 0.15) is 76.1 Å². The van der Waals surface area contributed by atoms with Crippen molar-refractivity contribution in [1.82, 2.24) is 10.6 Å². The van der Waals surface area contributed by atoms with Gasteiger partial charge in [-0.05, 0) is 75.7 Å². The van der Waals surface area contributed by atoms with Gasteiger partial charge in [-0.3, -0.25) is 14.4 Å². The first-order chi connectivity index (χ1) is 17.5. The standard InChI is InChI=1S/C28H39FN2O6/c1-15(2)14-30-26(33)23-16-5-6-17(11-16)24(23)31-25(32)19-12-22(20(29)13-21(19)36-4)37-18-7-9-28(3,10-8-18)27(34)35/h12-13,15-18,23-24H,5-11,14H2,1-4H3,(H,30,33)(H,31,32)(H,34,35)/t16-,17+,18?,23+,24-,28?/m1/s1. The Labute approximate surface area is 217 Å². The first kappa shape index (κ1) is 27.2. The van der Waals surface area contributed by atoms with Gasteiger partial charge in [0.05, 0.1) is 30.1 Å². The highest BCUT2D eigenvalue weighted by Gasteiger charge is 2.51. The molecule has 3 aliphatic rings. The molecule has 0 spiro atoms. The van der Waals surface area contributed by atoms with Gasteiger partial charge in [0.1, 0.15) is 5.75 Å². The number of aliphatic carboxylic acids is 1. The quantitative estimate of drug-likeness (QED) is 0.452. The number of carbonyl (C=O) groups is 3. The summed E-state index contributed by atoms with van der Waals surface area (Å²) in [6.07, 6.45) is 4.35. The van der Waals surface area contributed by atoms with Crippen LogP contribution in [0.15, 0.2) is 12.1 Å². The van der Waals surface area contributed by atoms with Crippen molar-refractivity contribution in [3.8, 4) is 11.5 Å². The molecular formula is C28H39FN2O6. The van der Waals surface area contributed by atoms with Crippen LogP contribution in [0.25, 0.3) is 0 Å². The fraction of sp³-hybridized carbons (Fsp3) is 0.679. The van der Waals surface area contributed by atoms with Crippen molar-refractivity contribution in [1.29, 1.82) is 0 Å². The van der Waals surface area contributed by atoms with E-state index in [2.05, 4.69) is 10.6 Å². The second-order valence-electron chi connectivity index (χ2n) is 11.7. The van der Waals surface area contributed by atoms with Gasteiger partial charge in [0, 0.05) is 18.7 Å². The van der Waals surface area contributed by atoms with Crippen molar-refractivity contribution in [2.45, 2.75) is 77.9 Å². The van der Waals surface area contributed by atoms with Crippen LogP contribution in [0.5, 0.6) is 11.5 Å². The third kappa shape index (κ3) is 5.70. The molecule has 0 heterocycles. The predicted molar refractivity (Wildman–Crippen MR) is 135 cm³/mol. The number of amides is 2. The molecular weight excluding hydrogens is 479 g/mol. The van der Waals surface area contributed by atoms with Crippen molar-refractivity contribution < 1.29 is 33.4 Å². The van der Waals surface area contributed by atoms with E-state index in [-0.39, 0.29) is 52.9 Å².